The Balaban J connectivity index is 2.34. The summed E-state index contributed by atoms with van der Waals surface area (Å²) in [6.45, 7) is 1.98. The molecular weight excluding hydrogens is 283 g/mol. The minimum atomic E-state index is -4.55. The zero-order chi connectivity index (χ0) is 15.5. The smallest absolute Gasteiger partial charge is 0.423 e. The van der Waals surface area contributed by atoms with Crippen LogP contribution in [0.15, 0.2) is 30.5 Å². The summed E-state index contributed by atoms with van der Waals surface area (Å²) in [5.74, 6) is -0.449. The quantitative estimate of drug-likeness (QED) is 0.932. The number of hydrogen-bond donors (Lipinski definition) is 1. The van der Waals surface area contributed by atoms with E-state index in [9.17, 15) is 13.2 Å². The van der Waals surface area contributed by atoms with E-state index in [1.807, 2.05) is 31.2 Å². The Morgan fingerprint density at radius 1 is 1.24 bits per heavy atom. The lowest BCUT2D eigenvalue weighted by molar-refractivity contribution is -0.139. The molecular formula is C14H14F3N3O. The zero-order valence-electron chi connectivity index (χ0n) is 11.5. The Kier molecular flexibility index (Phi) is 4.30. The molecule has 7 heteroatoms. The van der Waals surface area contributed by atoms with Crippen molar-refractivity contribution in [2.45, 2.75) is 19.5 Å². The fourth-order valence-electron chi connectivity index (χ4n) is 1.85. The summed E-state index contributed by atoms with van der Waals surface area (Å²) in [5.41, 5.74) is 0.765. The number of para-hydroxylation sites is 1. The standard InChI is InChI=1S/C14H14F3N3O/c1-3-9-6-4-5-7-11(9)19-13-18-8-10(14(15,16)17)12(20-13)21-2/h4-8H,3H2,1-2H3,(H,18,19,20). The average Bonchev–Trinajstić information content (AvgIpc) is 2.46. The topological polar surface area (TPSA) is 47.0 Å². The Morgan fingerprint density at radius 2 is 1.95 bits per heavy atom. The second-order valence-electron chi connectivity index (χ2n) is 4.25. The number of nitrogens with one attached hydrogen (secondary N) is 1. The van der Waals surface area contributed by atoms with E-state index in [-0.39, 0.29) is 5.95 Å². The lowest BCUT2D eigenvalue weighted by atomic mass is 10.1. The number of hydrogen-bond acceptors (Lipinski definition) is 4. The van der Waals surface area contributed by atoms with E-state index in [0.29, 0.717) is 6.20 Å². The highest BCUT2D eigenvalue weighted by Gasteiger charge is 2.36. The molecule has 0 bridgehead atoms. The second-order valence-corrected chi connectivity index (χ2v) is 4.25. The molecule has 1 heterocycles. The molecule has 112 valence electrons. The number of halogens is 3. The third kappa shape index (κ3) is 3.42. The fraction of sp³-hybridized carbons (Fsp3) is 0.286. The van der Waals surface area contributed by atoms with Gasteiger partial charge in [0.2, 0.25) is 11.8 Å². The van der Waals surface area contributed by atoms with Gasteiger partial charge in [-0.15, -0.1) is 0 Å². The molecule has 0 radical (unpaired) electrons. The van der Waals surface area contributed by atoms with Gasteiger partial charge >= 0.3 is 6.18 Å². The van der Waals surface area contributed by atoms with Gasteiger partial charge in [-0.2, -0.15) is 18.2 Å². The lowest BCUT2D eigenvalue weighted by Gasteiger charge is -2.13. The molecule has 0 amide bonds. The number of anilines is 2. The van der Waals surface area contributed by atoms with Crippen molar-refractivity contribution in [2.75, 3.05) is 12.4 Å². The van der Waals surface area contributed by atoms with Crippen LogP contribution < -0.4 is 10.1 Å². The minimum Gasteiger partial charge on any atom is -0.480 e. The number of aryl methyl sites for hydroxylation is 1. The molecule has 0 aliphatic carbocycles. The molecule has 1 aromatic carbocycles. The maximum Gasteiger partial charge on any atom is 0.423 e. The summed E-state index contributed by atoms with van der Waals surface area (Å²) in [4.78, 5) is 7.47. The largest absolute Gasteiger partial charge is 0.480 e. The Labute approximate surface area is 120 Å². The van der Waals surface area contributed by atoms with E-state index >= 15 is 0 Å². The SMILES string of the molecule is CCc1ccccc1Nc1ncc(C(F)(F)F)c(OC)n1. The summed E-state index contributed by atoms with van der Waals surface area (Å²) in [6.07, 6.45) is -3.06. The molecule has 0 aliphatic heterocycles. The van der Waals surface area contributed by atoms with Crippen LogP contribution in [0.4, 0.5) is 24.8 Å². The van der Waals surface area contributed by atoms with Crippen LogP contribution in [0.3, 0.4) is 0 Å². The first-order valence-electron chi connectivity index (χ1n) is 6.29. The highest BCUT2D eigenvalue weighted by Crippen LogP contribution is 2.35. The summed E-state index contributed by atoms with van der Waals surface area (Å²) < 4.78 is 42.9. The second kappa shape index (κ2) is 5.99. The van der Waals surface area contributed by atoms with Crippen LogP contribution in [-0.2, 0) is 12.6 Å². The molecule has 0 saturated carbocycles. The monoisotopic (exact) mass is 297 g/mol. The van der Waals surface area contributed by atoms with Gasteiger partial charge < -0.3 is 10.1 Å². The van der Waals surface area contributed by atoms with Gasteiger partial charge in [-0.05, 0) is 18.1 Å². The molecule has 21 heavy (non-hydrogen) atoms. The van der Waals surface area contributed by atoms with Crippen molar-refractivity contribution >= 4 is 11.6 Å². The summed E-state index contributed by atoms with van der Waals surface area (Å²) in [6, 6.07) is 7.44. The number of rotatable bonds is 4. The van der Waals surface area contributed by atoms with Gasteiger partial charge in [0.05, 0.1) is 7.11 Å². The fourth-order valence-corrected chi connectivity index (χ4v) is 1.85. The van der Waals surface area contributed by atoms with E-state index in [1.54, 1.807) is 0 Å². The number of ether oxygens (including phenoxy) is 1. The molecule has 4 nitrogen and oxygen atoms in total. The molecule has 0 aliphatic rings. The van der Waals surface area contributed by atoms with Crippen molar-refractivity contribution in [3.05, 3.63) is 41.6 Å². The van der Waals surface area contributed by atoms with Crippen LogP contribution in [0, 0.1) is 0 Å². The normalized spacial score (nSPS) is 11.3. The van der Waals surface area contributed by atoms with Crippen LogP contribution >= 0.6 is 0 Å². The molecule has 1 aromatic heterocycles. The van der Waals surface area contributed by atoms with Gasteiger partial charge in [0.15, 0.2) is 0 Å². The highest BCUT2D eigenvalue weighted by molar-refractivity contribution is 5.58. The first kappa shape index (κ1) is 15.1. The van der Waals surface area contributed by atoms with Crippen molar-refractivity contribution in [1.82, 2.24) is 9.97 Å². The lowest BCUT2D eigenvalue weighted by Crippen LogP contribution is -2.11. The number of nitrogens with zero attached hydrogens (tertiary/aromatic N) is 2. The third-order valence-electron chi connectivity index (χ3n) is 2.90. The number of methoxy groups -OCH3 is 1. The van der Waals surface area contributed by atoms with Crippen molar-refractivity contribution in [3.8, 4) is 5.88 Å². The van der Waals surface area contributed by atoms with E-state index in [4.69, 9.17) is 4.74 Å². The molecule has 0 saturated heterocycles. The summed E-state index contributed by atoms with van der Waals surface area (Å²) in [7, 11) is 1.14. The van der Waals surface area contributed by atoms with Crippen LogP contribution in [0.2, 0.25) is 0 Å². The number of aromatic nitrogens is 2. The van der Waals surface area contributed by atoms with E-state index < -0.39 is 17.6 Å². The summed E-state index contributed by atoms with van der Waals surface area (Å²) in [5, 5.41) is 2.91. The average molecular weight is 297 g/mol. The first-order valence-corrected chi connectivity index (χ1v) is 6.29. The molecule has 0 atom stereocenters. The molecule has 0 spiro atoms. The first-order chi connectivity index (χ1) is 9.95. The van der Waals surface area contributed by atoms with Crippen LogP contribution in [0.25, 0.3) is 0 Å². The van der Waals surface area contributed by atoms with E-state index in [0.717, 1.165) is 24.8 Å². The molecule has 2 aromatic rings. The van der Waals surface area contributed by atoms with Crippen molar-refractivity contribution < 1.29 is 17.9 Å². The van der Waals surface area contributed by atoms with Gasteiger partial charge in [0.1, 0.15) is 5.56 Å². The molecule has 2 rings (SSSR count). The maximum atomic E-state index is 12.7. The van der Waals surface area contributed by atoms with E-state index in [1.165, 1.54) is 0 Å². The minimum absolute atomic E-state index is 0.0563. The van der Waals surface area contributed by atoms with Gasteiger partial charge in [0.25, 0.3) is 0 Å². The third-order valence-corrected chi connectivity index (χ3v) is 2.90. The molecule has 0 unspecified atom stereocenters. The van der Waals surface area contributed by atoms with Crippen molar-refractivity contribution in [2.24, 2.45) is 0 Å². The van der Waals surface area contributed by atoms with Crippen molar-refractivity contribution in [1.29, 1.82) is 0 Å². The van der Waals surface area contributed by atoms with Gasteiger partial charge in [-0.1, -0.05) is 25.1 Å². The highest BCUT2D eigenvalue weighted by atomic mass is 19.4. The van der Waals surface area contributed by atoms with Gasteiger partial charge in [0, 0.05) is 11.9 Å². The summed E-state index contributed by atoms with van der Waals surface area (Å²) >= 11 is 0. The molecule has 1 N–H and O–H groups in total. The van der Waals surface area contributed by atoms with Crippen LogP contribution in [-0.4, -0.2) is 17.1 Å². The van der Waals surface area contributed by atoms with Crippen molar-refractivity contribution in [3.63, 3.8) is 0 Å². The number of benzene rings is 1. The van der Waals surface area contributed by atoms with Gasteiger partial charge in [-0.3, -0.25) is 0 Å². The number of alkyl halides is 3. The Morgan fingerprint density at radius 3 is 2.57 bits per heavy atom. The van der Waals surface area contributed by atoms with Crippen LogP contribution in [0.1, 0.15) is 18.1 Å². The maximum absolute atomic E-state index is 12.7. The Bertz CT molecular complexity index is 629. The molecule has 0 fully saturated rings. The van der Waals surface area contributed by atoms with Gasteiger partial charge in [-0.25, -0.2) is 4.98 Å². The predicted octanol–water partition coefficient (Wildman–Crippen LogP) is 3.81. The van der Waals surface area contributed by atoms with E-state index in [2.05, 4.69) is 15.3 Å². The Hall–Kier alpha value is -2.31. The zero-order valence-corrected chi connectivity index (χ0v) is 11.5. The van der Waals surface area contributed by atoms with Crippen LogP contribution in [0.5, 0.6) is 5.88 Å². The predicted molar refractivity (Wildman–Crippen MR) is 72.7 cm³/mol.